The summed E-state index contributed by atoms with van der Waals surface area (Å²) in [6.07, 6.45) is 8.50. The SMILES string of the molecule is COC1=CC(NCc2ccc(/C=C/C(=O)Nc3ccccc3N)cc2)=CC(C)C1. The molecule has 0 saturated carbocycles. The molecule has 1 unspecified atom stereocenters. The second kappa shape index (κ2) is 9.64. The Morgan fingerprint density at radius 2 is 1.97 bits per heavy atom. The molecule has 5 heteroatoms. The maximum Gasteiger partial charge on any atom is 0.248 e. The largest absolute Gasteiger partial charge is 0.501 e. The second-order valence-electron chi connectivity index (χ2n) is 7.12. The van der Waals surface area contributed by atoms with Gasteiger partial charge in [-0.1, -0.05) is 49.4 Å². The zero-order valence-corrected chi connectivity index (χ0v) is 16.8. The molecule has 0 spiro atoms. The third-order valence-corrected chi connectivity index (χ3v) is 4.69. The molecule has 2 aromatic carbocycles. The Bertz CT molecular complexity index is 943. The van der Waals surface area contributed by atoms with Gasteiger partial charge in [0.2, 0.25) is 5.91 Å². The third-order valence-electron chi connectivity index (χ3n) is 4.69. The van der Waals surface area contributed by atoms with E-state index >= 15 is 0 Å². The molecule has 0 aliphatic heterocycles. The number of methoxy groups -OCH3 is 1. The molecule has 1 atom stereocenters. The number of rotatable bonds is 7. The van der Waals surface area contributed by atoms with Crippen molar-refractivity contribution in [2.45, 2.75) is 19.9 Å². The number of carbonyl (C=O) groups is 1. The van der Waals surface area contributed by atoms with Gasteiger partial charge in [0.1, 0.15) is 0 Å². The molecule has 4 N–H and O–H groups in total. The van der Waals surface area contributed by atoms with Crippen molar-refractivity contribution >= 4 is 23.4 Å². The van der Waals surface area contributed by atoms with E-state index in [1.807, 2.05) is 36.4 Å². The van der Waals surface area contributed by atoms with E-state index < -0.39 is 0 Å². The Labute approximate surface area is 172 Å². The maximum atomic E-state index is 12.1. The minimum absolute atomic E-state index is 0.215. The number of para-hydroxylation sites is 2. The quantitative estimate of drug-likeness (QED) is 0.483. The predicted molar refractivity (Wildman–Crippen MR) is 119 cm³/mol. The fraction of sp³-hybridized carbons (Fsp3) is 0.208. The molecular weight excluding hydrogens is 362 g/mol. The van der Waals surface area contributed by atoms with Crippen LogP contribution in [0.3, 0.4) is 0 Å². The summed E-state index contributed by atoms with van der Waals surface area (Å²) in [5.74, 6) is 1.24. The monoisotopic (exact) mass is 389 g/mol. The lowest BCUT2D eigenvalue weighted by Gasteiger charge is -2.19. The summed E-state index contributed by atoms with van der Waals surface area (Å²) in [5.41, 5.74) is 10.2. The molecule has 2 aromatic rings. The molecule has 0 saturated heterocycles. The number of nitrogen functional groups attached to an aromatic ring is 1. The second-order valence-corrected chi connectivity index (χ2v) is 7.12. The van der Waals surface area contributed by atoms with E-state index in [-0.39, 0.29) is 5.91 Å². The molecule has 5 nitrogen and oxygen atoms in total. The number of amides is 1. The number of nitrogens with two attached hydrogens (primary N) is 1. The number of carbonyl (C=O) groups excluding carboxylic acids is 1. The van der Waals surface area contributed by atoms with Crippen LogP contribution < -0.4 is 16.4 Å². The molecule has 0 fully saturated rings. The van der Waals surface area contributed by atoms with Gasteiger partial charge < -0.3 is 21.1 Å². The molecule has 1 aliphatic rings. The number of hydrogen-bond donors (Lipinski definition) is 3. The Morgan fingerprint density at radius 1 is 1.21 bits per heavy atom. The fourth-order valence-electron chi connectivity index (χ4n) is 3.12. The van der Waals surface area contributed by atoms with Gasteiger partial charge >= 0.3 is 0 Å². The standard InChI is InChI=1S/C24H27N3O2/c1-17-13-20(15-21(14-17)29-2)26-16-19-9-7-18(8-10-19)11-12-24(28)27-23-6-4-3-5-22(23)25/h3-13,15,17,26H,14,16,25H2,1-2H3,(H,27,28)/b12-11+. The highest BCUT2D eigenvalue weighted by Gasteiger charge is 2.11. The first kappa shape index (κ1) is 20.3. The molecular formula is C24H27N3O2. The number of hydrogen-bond acceptors (Lipinski definition) is 4. The number of anilines is 2. The molecule has 1 amide bonds. The van der Waals surface area contributed by atoms with Crippen molar-refractivity contribution in [1.29, 1.82) is 0 Å². The summed E-state index contributed by atoms with van der Waals surface area (Å²) in [6.45, 7) is 2.90. The molecule has 0 bridgehead atoms. The van der Waals surface area contributed by atoms with E-state index in [0.717, 1.165) is 35.5 Å². The van der Waals surface area contributed by atoms with Crippen molar-refractivity contribution in [2.75, 3.05) is 18.2 Å². The number of allylic oxidation sites excluding steroid dienone is 3. The lowest BCUT2D eigenvalue weighted by Crippen LogP contribution is -2.16. The Hall–Kier alpha value is -3.47. The van der Waals surface area contributed by atoms with Crippen LogP contribution in [0.2, 0.25) is 0 Å². The zero-order valence-electron chi connectivity index (χ0n) is 16.8. The van der Waals surface area contributed by atoms with E-state index in [4.69, 9.17) is 10.5 Å². The van der Waals surface area contributed by atoms with Crippen LogP contribution in [0, 0.1) is 5.92 Å². The van der Waals surface area contributed by atoms with E-state index in [1.165, 1.54) is 6.08 Å². The Morgan fingerprint density at radius 3 is 2.69 bits per heavy atom. The molecule has 3 rings (SSSR count). The van der Waals surface area contributed by atoms with Crippen molar-refractivity contribution in [2.24, 2.45) is 5.92 Å². The molecule has 1 aliphatic carbocycles. The van der Waals surface area contributed by atoms with Crippen LogP contribution in [0.5, 0.6) is 0 Å². The van der Waals surface area contributed by atoms with Crippen molar-refractivity contribution in [3.8, 4) is 0 Å². The van der Waals surface area contributed by atoms with Gasteiger partial charge in [-0.25, -0.2) is 0 Å². The predicted octanol–water partition coefficient (Wildman–Crippen LogP) is 4.46. The minimum Gasteiger partial charge on any atom is -0.501 e. The average molecular weight is 389 g/mol. The summed E-state index contributed by atoms with van der Waals surface area (Å²) < 4.78 is 5.38. The van der Waals surface area contributed by atoms with Crippen LogP contribution in [-0.2, 0) is 16.1 Å². The van der Waals surface area contributed by atoms with Crippen molar-refractivity contribution in [1.82, 2.24) is 5.32 Å². The van der Waals surface area contributed by atoms with E-state index in [1.54, 1.807) is 25.3 Å². The highest BCUT2D eigenvalue weighted by atomic mass is 16.5. The van der Waals surface area contributed by atoms with Gasteiger partial charge in [-0.2, -0.15) is 0 Å². The van der Waals surface area contributed by atoms with Crippen LogP contribution >= 0.6 is 0 Å². The summed E-state index contributed by atoms with van der Waals surface area (Å²) in [7, 11) is 1.71. The van der Waals surface area contributed by atoms with Crippen LogP contribution in [0.4, 0.5) is 11.4 Å². The minimum atomic E-state index is -0.215. The van der Waals surface area contributed by atoms with Crippen LogP contribution in [0.25, 0.3) is 6.08 Å². The van der Waals surface area contributed by atoms with Gasteiger partial charge in [-0.15, -0.1) is 0 Å². The van der Waals surface area contributed by atoms with E-state index in [0.29, 0.717) is 17.3 Å². The first-order chi connectivity index (χ1) is 14.0. The molecule has 0 radical (unpaired) electrons. The normalized spacial score (nSPS) is 16.1. The van der Waals surface area contributed by atoms with Crippen LogP contribution in [-0.4, -0.2) is 13.0 Å². The number of ether oxygens (including phenoxy) is 1. The Kier molecular flexibility index (Phi) is 6.74. The highest BCUT2D eigenvalue weighted by molar-refractivity contribution is 6.03. The van der Waals surface area contributed by atoms with Crippen molar-refractivity contribution < 1.29 is 9.53 Å². The van der Waals surface area contributed by atoms with Crippen LogP contribution in [0.1, 0.15) is 24.5 Å². The van der Waals surface area contributed by atoms with Crippen LogP contribution in [0.15, 0.2) is 78.2 Å². The Balaban J connectivity index is 1.53. The number of benzene rings is 2. The van der Waals surface area contributed by atoms with Gasteiger partial charge in [0.05, 0.1) is 24.2 Å². The molecule has 150 valence electrons. The van der Waals surface area contributed by atoms with Gasteiger partial charge in [0, 0.05) is 24.7 Å². The lowest BCUT2D eigenvalue weighted by atomic mass is 9.99. The average Bonchev–Trinajstić information content (AvgIpc) is 2.73. The third kappa shape index (κ3) is 6.01. The van der Waals surface area contributed by atoms with Gasteiger partial charge in [-0.3, -0.25) is 4.79 Å². The lowest BCUT2D eigenvalue weighted by molar-refractivity contribution is -0.111. The zero-order chi connectivity index (χ0) is 20.6. The van der Waals surface area contributed by atoms with Gasteiger partial charge in [0.25, 0.3) is 0 Å². The van der Waals surface area contributed by atoms with Crippen molar-refractivity contribution in [3.05, 3.63) is 89.3 Å². The molecule has 0 heterocycles. The smallest absolute Gasteiger partial charge is 0.248 e. The van der Waals surface area contributed by atoms with E-state index in [9.17, 15) is 4.79 Å². The van der Waals surface area contributed by atoms with Gasteiger partial charge in [-0.05, 0) is 41.3 Å². The summed E-state index contributed by atoms with van der Waals surface area (Å²) in [5, 5.41) is 6.22. The van der Waals surface area contributed by atoms with E-state index in [2.05, 4.69) is 29.7 Å². The maximum absolute atomic E-state index is 12.1. The summed E-state index contributed by atoms with van der Waals surface area (Å²) >= 11 is 0. The molecule has 29 heavy (non-hydrogen) atoms. The summed E-state index contributed by atoms with van der Waals surface area (Å²) in [4.78, 5) is 12.1. The van der Waals surface area contributed by atoms with Crippen molar-refractivity contribution in [3.63, 3.8) is 0 Å². The number of nitrogens with one attached hydrogen (secondary N) is 2. The first-order valence-electron chi connectivity index (χ1n) is 9.66. The summed E-state index contributed by atoms with van der Waals surface area (Å²) in [6, 6.07) is 15.3. The van der Waals surface area contributed by atoms with Gasteiger partial charge in [0.15, 0.2) is 0 Å². The highest BCUT2D eigenvalue weighted by Crippen LogP contribution is 2.22. The molecule has 0 aromatic heterocycles. The topological polar surface area (TPSA) is 76.4 Å². The fourth-order valence-corrected chi connectivity index (χ4v) is 3.12. The first-order valence-corrected chi connectivity index (χ1v) is 9.66.